The summed E-state index contributed by atoms with van der Waals surface area (Å²) in [6.07, 6.45) is 3.55. The molecule has 116 valence electrons. The van der Waals surface area contributed by atoms with Crippen LogP contribution in [0.3, 0.4) is 0 Å². The third-order valence-corrected chi connectivity index (χ3v) is 3.93. The van der Waals surface area contributed by atoms with Crippen LogP contribution in [-0.4, -0.2) is 40.4 Å². The fourth-order valence-corrected chi connectivity index (χ4v) is 2.67. The molecule has 0 radical (unpaired) electrons. The molecule has 3 N–H and O–H groups in total. The average Bonchev–Trinajstić information content (AvgIpc) is 3.17. The molecular weight excluding hydrogens is 280 g/mol. The van der Waals surface area contributed by atoms with Crippen LogP contribution in [-0.2, 0) is 0 Å². The van der Waals surface area contributed by atoms with Crippen molar-refractivity contribution in [1.29, 1.82) is 0 Å². The number of amides is 1. The Labute approximate surface area is 129 Å². The minimum absolute atomic E-state index is 0.0633. The van der Waals surface area contributed by atoms with Crippen LogP contribution in [0.15, 0.2) is 36.5 Å². The second kappa shape index (κ2) is 6.62. The number of rotatable bonds is 5. The summed E-state index contributed by atoms with van der Waals surface area (Å²) in [4.78, 5) is 12.1. The summed E-state index contributed by atoms with van der Waals surface area (Å²) in [7, 11) is 0. The van der Waals surface area contributed by atoms with Gasteiger partial charge in [-0.2, -0.15) is 5.10 Å². The van der Waals surface area contributed by atoms with Crippen molar-refractivity contribution in [1.82, 2.24) is 20.4 Å². The lowest BCUT2D eigenvalue weighted by molar-refractivity contribution is 0.0943. The molecule has 1 aliphatic heterocycles. The lowest BCUT2D eigenvalue weighted by Crippen LogP contribution is -2.27. The molecule has 1 saturated heterocycles. The number of nitrogens with zero attached hydrogens (tertiary/aromatic N) is 2. The fourth-order valence-electron chi connectivity index (χ4n) is 2.67. The SMILES string of the molecule is O=C(NCCC1CCNC1)c1nn(-c2ccccc2)cc1O. The topological polar surface area (TPSA) is 79.2 Å². The van der Waals surface area contributed by atoms with Crippen molar-refractivity contribution < 1.29 is 9.90 Å². The summed E-state index contributed by atoms with van der Waals surface area (Å²) >= 11 is 0. The number of carbonyl (C=O) groups excluding carboxylic acids is 1. The number of para-hydroxylation sites is 1. The zero-order chi connectivity index (χ0) is 15.4. The van der Waals surface area contributed by atoms with Crippen LogP contribution in [0.2, 0.25) is 0 Å². The van der Waals surface area contributed by atoms with E-state index in [1.807, 2.05) is 30.3 Å². The van der Waals surface area contributed by atoms with E-state index in [0.717, 1.165) is 31.6 Å². The molecule has 0 aliphatic carbocycles. The second-order valence-corrected chi connectivity index (χ2v) is 5.55. The molecule has 1 fully saturated rings. The van der Waals surface area contributed by atoms with Crippen molar-refractivity contribution in [2.75, 3.05) is 19.6 Å². The van der Waals surface area contributed by atoms with Crippen LogP contribution in [0, 0.1) is 5.92 Å². The van der Waals surface area contributed by atoms with Gasteiger partial charge in [-0.3, -0.25) is 4.79 Å². The summed E-state index contributed by atoms with van der Waals surface area (Å²) in [5.74, 6) is 0.179. The highest BCUT2D eigenvalue weighted by molar-refractivity contribution is 5.94. The first-order valence-corrected chi connectivity index (χ1v) is 7.57. The normalized spacial score (nSPS) is 17.5. The molecule has 0 spiro atoms. The van der Waals surface area contributed by atoms with E-state index in [1.54, 1.807) is 0 Å². The average molecular weight is 300 g/mol. The van der Waals surface area contributed by atoms with Crippen LogP contribution in [0.1, 0.15) is 23.3 Å². The Morgan fingerprint density at radius 3 is 2.95 bits per heavy atom. The highest BCUT2D eigenvalue weighted by Crippen LogP contribution is 2.18. The highest BCUT2D eigenvalue weighted by atomic mass is 16.3. The number of hydrogen-bond acceptors (Lipinski definition) is 4. The fraction of sp³-hybridized carbons (Fsp3) is 0.375. The molecule has 1 atom stereocenters. The van der Waals surface area contributed by atoms with Gasteiger partial charge in [0.2, 0.25) is 0 Å². The predicted octanol–water partition coefficient (Wildman–Crippen LogP) is 1.31. The van der Waals surface area contributed by atoms with Crippen LogP contribution in [0.25, 0.3) is 5.69 Å². The monoisotopic (exact) mass is 300 g/mol. The van der Waals surface area contributed by atoms with Gasteiger partial charge in [0.05, 0.1) is 11.9 Å². The molecule has 6 nitrogen and oxygen atoms in total. The first kappa shape index (κ1) is 14.6. The van der Waals surface area contributed by atoms with Gasteiger partial charge < -0.3 is 15.7 Å². The summed E-state index contributed by atoms with van der Waals surface area (Å²) < 4.78 is 1.51. The standard InChI is InChI=1S/C16H20N4O2/c21-14-11-20(13-4-2-1-3-5-13)19-15(14)16(22)18-9-7-12-6-8-17-10-12/h1-5,11-12,17,21H,6-10H2,(H,18,22). The van der Waals surface area contributed by atoms with E-state index in [4.69, 9.17) is 0 Å². The summed E-state index contributed by atoms with van der Waals surface area (Å²) in [6.45, 7) is 2.67. The van der Waals surface area contributed by atoms with E-state index in [-0.39, 0.29) is 17.4 Å². The minimum Gasteiger partial charge on any atom is -0.504 e. The van der Waals surface area contributed by atoms with Gasteiger partial charge in [0.1, 0.15) is 0 Å². The van der Waals surface area contributed by atoms with Crippen molar-refractivity contribution >= 4 is 5.91 Å². The first-order chi connectivity index (χ1) is 10.7. The van der Waals surface area contributed by atoms with Crippen molar-refractivity contribution in [3.63, 3.8) is 0 Å². The molecule has 1 aliphatic rings. The van der Waals surface area contributed by atoms with E-state index in [9.17, 15) is 9.90 Å². The van der Waals surface area contributed by atoms with E-state index in [2.05, 4.69) is 15.7 Å². The van der Waals surface area contributed by atoms with E-state index in [1.165, 1.54) is 10.9 Å². The summed E-state index contributed by atoms with van der Waals surface area (Å²) in [5, 5.41) is 20.2. The number of aromatic hydroxyl groups is 1. The summed E-state index contributed by atoms with van der Waals surface area (Å²) in [6, 6.07) is 9.38. The Hall–Kier alpha value is -2.34. The quantitative estimate of drug-likeness (QED) is 0.778. The van der Waals surface area contributed by atoms with E-state index >= 15 is 0 Å². The Kier molecular flexibility index (Phi) is 4.39. The molecule has 1 aromatic carbocycles. The molecule has 2 aromatic rings. The number of benzene rings is 1. The van der Waals surface area contributed by atoms with Crippen LogP contribution < -0.4 is 10.6 Å². The largest absolute Gasteiger partial charge is 0.504 e. The van der Waals surface area contributed by atoms with Crippen molar-refractivity contribution in [3.8, 4) is 11.4 Å². The maximum absolute atomic E-state index is 12.1. The van der Waals surface area contributed by atoms with E-state index < -0.39 is 0 Å². The number of aromatic nitrogens is 2. The van der Waals surface area contributed by atoms with Crippen LogP contribution >= 0.6 is 0 Å². The zero-order valence-corrected chi connectivity index (χ0v) is 12.3. The summed E-state index contributed by atoms with van der Waals surface area (Å²) in [5.41, 5.74) is 0.863. The molecular formula is C16H20N4O2. The van der Waals surface area contributed by atoms with Crippen molar-refractivity contribution in [2.24, 2.45) is 5.92 Å². The first-order valence-electron chi connectivity index (χ1n) is 7.57. The lowest BCUT2D eigenvalue weighted by Gasteiger charge is -2.08. The van der Waals surface area contributed by atoms with Crippen LogP contribution in [0.5, 0.6) is 5.75 Å². The lowest BCUT2D eigenvalue weighted by atomic mass is 10.1. The van der Waals surface area contributed by atoms with E-state index in [0.29, 0.717) is 12.5 Å². The van der Waals surface area contributed by atoms with Gasteiger partial charge in [-0.1, -0.05) is 18.2 Å². The van der Waals surface area contributed by atoms with Gasteiger partial charge in [0.25, 0.3) is 5.91 Å². The number of hydrogen-bond donors (Lipinski definition) is 3. The Morgan fingerprint density at radius 1 is 1.41 bits per heavy atom. The maximum atomic E-state index is 12.1. The molecule has 0 bridgehead atoms. The third kappa shape index (κ3) is 3.28. The number of carbonyl (C=O) groups is 1. The molecule has 1 amide bonds. The third-order valence-electron chi connectivity index (χ3n) is 3.93. The molecule has 6 heteroatoms. The zero-order valence-electron chi connectivity index (χ0n) is 12.3. The number of nitrogens with one attached hydrogen (secondary N) is 2. The Bertz CT molecular complexity index is 633. The molecule has 1 unspecified atom stereocenters. The predicted molar refractivity (Wildman–Crippen MR) is 83.2 cm³/mol. The molecule has 1 aromatic heterocycles. The van der Waals surface area contributed by atoms with Crippen molar-refractivity contribution in [2.45, 2.75) is 12.8 Å². The van der Waals surface area contributed by atoms with Gasteiger partial charge in [0.15, 0.2) is 11.4 Å². The maximum Gasteiger partial charge on any atom is 0.275 e. The van der Waals surface area contributed by atoms with Gasteiger partial charge in [0, 0.05) is 6.54 Å². The molecule has 2 heterocycles. The molecule has 22 heavy (non-hydrogen) atoms. The van der Waals surface area contributed by atoms with Gasteiger partial charge >= 0.3 is 0 Å². The highest BCUT2D eigenvalue weighted by Gasteiger charge is 2.18. The molecule has 0 saturated carbocycles. The van der Waals surface area contributed by atoms with Gasteiger partial charge in [-0.15, -0.1) is 0 Å². The van der Waals surface area contributed by atoms with Gasteiger partial charge in [-0.05, 0) is 44.0 Å². The second-order valence-electron chi connectivity index (χ2n) is 5.55. The Balaban J connectivity index is 1.61. The van der Waals surface area contributed by atoms with Crippen LogP contribution in [0.4, 0.5) is 0 Å². The Morgan fingerprint density at radius 2 is 2.23 bits per heavy atom. The molecule has 3 rings (SSSR count). The minimum atomic E-state index is -0.335. The van der Waals surface area contributed by atoms with Gasteiger partial charge in [-0.25, -0.2) is 4.68 Å². The van der Waals surface area contributed by atoms with Crippen molar-refractivity contribution in [3.05, 3.63) is 42.2 Å². The smallest absolute Gasteiger partial charge is 0.275 e.